The van der Waals surface area contributed by atoms with Gasteiger partial charge in [0, 0.05) is 18.6 Å². The van der Waals surface area contributed by atoms with Crippen molar-refractivity contribution in [3.05, 3.63) is 35.9 Å². The van der Waals surface area contributed by atoms with Gasteiger partial charge < -0.3 is 14.6 Å². The van der Waals surface area contributed by atoms with Crippen LogP contribution in [-0.4, -0.2) is 17.8 Å². The molecule has 0 radical (unpaired) electrons. The van der Waals surface area contributed by atoms with Gasteiger partial charge in [-0.15, -0.1) is 0 Å². The second kappa shape index (κ2) is 6.02. The number of phenols is 1. The average molecular weight is 357 g/mol. The second-order valence-electron chi connectivity index (χ2n) is 9.51. The Morgan fingerprint density at radius 3 is 2.65 bits per heavy atom. The summed E-state index contributed by atoms with van der Waals surface area (Å²) in [4.78, 5) is 0. The van der Waals surface area contributed by atoms with Crippen LogP contribution in [0.1, 0.15) is 64.5 Å². The number of rotatable bonds is 1. The zero-order chi connectivity index (χ0) is 18.7. The SMILES string of the molecule is C=C1CC[C@H]2[C@@H](OC)c3cccc(O)c3O[C@]2(C)CC[C@@H]2[C@@H]1CC2(C)C. The number of methoxy groups -OCH3 is 1. The monoisotopic (exact) mass is 356 g/mol. The summed E-state index contributed by atoms with van der Waals surface area (Å²) >= 11 is 0. The van der Waals surface area contributed by atoms with Crippen molar-refractivity contribution >= 4 is 0 Å². The lowest BCUT2D eigenvalue weighted by molar-refractivity contribution is -0.0952. The Morgan fingerprint density at radius 2 is 1.96 bits per heavy atom. The van der Waals surface area contributed by atoms with Crippen molar-refractivity contribution in [3.63, 3.8) is 0 Å². The van der Waals surface area contributed by atoms with Crippen molar-refractivity contribution in [1.29, 1.82) is 0 Å². The van der Waals surface area contributed by atoms with Gasteiger partial charge in [-0.3, -0.25) is 0 Å². The number of aromatic hydroxyl groups is 1. The molecule has 1 aromatic rings. The molecule has 0 spiro atoms. The maximum atomic E-state index is 10.4. The highest BCUT2D eigenvalue weighted by Gasteiger charge is 2.53. The van der Waals surface area contributed by atoms with Gasteiger partial charge in [-0.2, -0.15) is 0 Å². The van der Waals surface area contributed by atoms with Crippen molar-refractivity contribution in [1.82, 2.24) is 0 Å². The number of para-hydroxylation sites is 1. The fourth-order valence-corrected chi connectivity index (χ4v) is 5.94. The third kappa shape index (κ3) is 2.58. The molecular formula is C23H32O3. The number of benzene rings is 1. The quantitative estimate of drug-likeness (QED) is 0.662. The zero-order valence-corrected chi connectivity index (χ0v) is 16.5. The molecule has 0 amide bonds. The molecule has 0 aromatic heterocycles. The molecule has 4 rings (SSSR count). The van der Waals surface area contributed by atoms with E-state index in [1.807, 2.05) is 12.1 Å². The first-order chi connectivity index (χ1) is 12.3. The van der Waals surface area contributed by atoms with E-state index in [2.05, 4.69) is 27.4 Å². The van der Waals surface area contributed by atoms with Crippen LogP contribution in [0.25, 0.3) is 0 Å². The molecular weight excluding hydrogens is 324 g/mol. The predicted octanol–water partition coefficient (Wildman–Crippen LogP) is 5.64. The molecule has 26 heavy (non-hydrogen) atoms. The van der Waals surface area contributed by atoms with Crippen molar-refractivity contribution in [2.24, 2.45) is 23.2 Å². The Bertz CT molecular complexity index is 722. The summed E-state index contributed by atoms with van der Waals surface area (Å²) in [7, 11) is 1.78. The molecule has 1 aliphatic heterocycles. The maximum absolute atomic E-state index is 10.4. The largest absolute Gasteiger partial charge is 0.504 e. The molecule has 0 unspecified atom stereocenters. The molecule has 3 nitrogen and oxygen atoms in total. The van der Waals surface area contributed by atoms with Crippen LogP contribution in [-0.2, 0) is 4.74 Å². The van der Waals surface area contributed by atoms with E-state index < -0.39 is 0 Å². The first-order valence-electron chi connectivity index (χ1n) is 9.98. The zero-order valence-electron chi connectivity index (χ0n) is 16.5. The second-order valence-corrected chi connectivity index (χ2v) is 9.51. The van der Waals surface area contributed by atoms with Crippen molar-refractivity contribution in [3.8, 4) is 11.5 Å². The molecule has 2 aliphatic carbocycles. The van der Waals surface area contributed by atoms with E-state index in [0.717, 1.165) is 31.2 Å². The normalized spacial score (nSPS) is 38.4. The van der Waals surface area contributed by atoms with E-state index in [1.54, 1.807) is 13.2 Å². The minimum atomic E-state index is -0.326. The summed E-state index contributed by atoms with van der Waals surface area (Å²) in [5.41, 5.74) is 2.45. The van der Waals surface area contributed by atoms with Crippen LogP contribution < -0.4 is 4.74 Å². The van der Waals surface area contributed by atoms with Crippen molar-refractivity contribution in [2.45, 2.75) is 64.6 Å². The fourth-order valence-electron chi connectivity index (χ4n) is 5.94. The highest BCUT2D eigenvalue weighted by Crippen LogP contribution is 2.60. The van der Waals surface area contributed by atoms with Gasteiger partial charge in [0.1, 0.15) is 5.60 Å². The Hall–Kier alpha value is -1.48. The fraction of sp³-hybridized carbons (Fsp3) is 0.652. The minimum Gasteiger partial charge on any atom is -0.504 e. The predicted molar refractivity (Wildman–Crippen MR) is 103 cm³/mol. The molecule has 0 bridgehead atoms. The van der Waals surface area contributed by atoms with E-state index in [9.17, 15) is 5.11 Å². The topological polar surface area (TPSA) is 38.7 Å². The van der Waals surface area contributed by atoms with Gasteiger partial charge in [0.05, 0.1) is 6.10 Å². The molecule has 1 heterocycles. The Kier molecular flexibility index (Phi) is 4.15. The van der Waals surface area contributed by atoms with Gasteiger partial charge in [0.2, 0.25) is 0 Å². The van der Waals surface area contributed by atoms with Crippen LogP contribution in [0, 0.1) is 23.2 Å². The van der Waals surface area contributed by atoms with E-state index in [4.69, 9.17) is 9.47 Å². The number of ether oxygens (including phenoxy) is 2. The van der Waals surface area contributed by atoms with Crippen LogP contribution in [0.5, 0.6) is 11.5 Å². The first-order valence-corrected chi connectivity index (χ1v) is 9.98. The molecule has 1 N–H and O–H groups in total. The average Bonchev–Trinajstić information content (AvgIpc) is 2.62. The van der Waals surface area contributed by atoms with Gasteiger partial charge in [0.25, 0.3) is 0 Å². The van der Waals surface area contributed by atoms with E-state index in [1.165, 1.54) is 12.0 Å². The van der Waals surface area contributed by atoms with E-state index in [-0.39, 0.29) is 23.4 Å². The van der Waals surface area contributed by atoms with Crippen molar-refractivity contribution < 1.29 is 14.6 Å². The molecule has 2 saturated carbocycles. The highest BCUT2D eigenvalue weighted by atomic mass is 16.5. The summed E-state index contributed by atoms with van der Waals surface area (Å²) in [6, 6.07) is 5.61. The summed E-state index contributed by atoms with van der Waals surface area (Å²) < 4.78 is 12.5. The Balaban J connectivity index is 1.73. The number of hydrogen-bond acceptors (Lipinski definition) is 3. The van der Waals surface area contributed by atoms with Gasteiger partial charge in [-0.1, -0.05) is 38.1 Å². The smallest absolute Gasteiger partial charge is 0.167 e. The molecule has 0 saturated heterocycles. The van der Waals surface area contributed by atoms with Crippen LogP contribution >= 0.6 is 0 Å². The number of hydrogen-bond donors (Lipinski definition) is 1. The molecule has 5 atom stereocenters. The minimum absolute atomic E-state index is 0.0487. The Labute approximate surface area is 157 Å². The molecule has 142 valence electrons. The number of fused-ring (bicyclic) bond motifs is 3. The van der Waals surface area contributed by atoms with Crippen LogP contribution in [0.4, 0.5) is 0 Å². The third-order valence-corrected chi connectivity index (χ3v) is 7.56. The summed E-state index contributed by atoms with van der Waals surface area (Å²) in [6.45, 7) is 11.4. The molecule has 2 fully saturated rings. The van der Waals surface area contributed by atoms with E-state index in [0.29, 0.717) is 23.0 Å². The molecule has 1 aromatic carbocycles. The first kappa shape index (κ1) is 17.9. The van der Waals surface area contributed by atoms with Crippen LogP contribution in [0.2, 0.25) is 0 Å². The Morgan fingerprint density at radius 1 is 1.19 bits per heavy atom. The van der Waals surface area contributed by atoms with Gasteiger partial charge in [-0.05, 0) is 62.3 Å². The van der Waals surface area contributed by atoms with Crippen LogP contribution in [0.15, 0.2) is 30.4 Å². The maximum Gasteiger partial charge on any atom is 0.167 e. The highest BCUT2D eigenvalue weighted by molar-refractivity contribution is 5.49. The number of phenolic OH excluding ortho intramolecular Hbond substituents is 1. The van der Waals surface area contributed by atoms with E-state index >= 15 is 0 Å². The summed E-state index contributed by atoms with van der Waals surface area (Å²) in [6.07, 6.45) is 5.40. The van der Waals surface area contributed by atoms with Gasteiger partial charge >= 0.3 is 0 Å². The number of allylic oxidation sites excluding steroid dienone is 1. The summed E-state index contributed by atoms with van der Waals surface area (Å²) in [5, 5.41) is 10.4. The van der Waals surface area contributed by atoms with Crippen molar-refractivity contribution in [2.75, 3.05) is 7.11 Å². The molecule has 3 heteroatoms. The van der Waals surface area contributed by atoms with Gasteiger partial charge in [-0.25, -0.2) is 0 Å². The standard InChI is InChI=1S/C23H32O3/c1-14-9-10-18-20(25-5)15-7-6-8-19(24)21(15)26-23(18,4)12-11-17-16(14)13-22(17,2)3/h6-8,16-18,20,24H,1,9-13H2,2-5H3/t16-,17-,18+,20+,23-/m1/s1. The summed E-state index contributed by atoms with van der Waals surface area (Å²) in [5.74, 6) is 2.43. The lowest BCUT2D eigenvalue weighted by Gasteiger charge is -2.53. The third-order valence-electron chi connectivity index (χ3n) is 7.56. The van der Waals surface area contributed by atoms with Crippen LogP contribution in [0.3, 0.4) is 0 Å². The lowest BCUT2D eigenvalue weighted by Crippen LogP contribution is -2.49. The lowest BCUT2D eigenvalue weighted by atomic mass is 9.52. The van der Waals surface area contributed by atoms with Gasteiger partial charge in [0.15, 0.2) is 11.5 Å². The molecule has 3 aliphatic rings.